The molecular formula is C16H27NS. The van der Waals surface area contributed by atoms with Crippen LogP contribution in [0.4, 0.5) is 0 Å². The molecule has 2 heteroatoms. The number of hydrogen-bond acceptors (Lipinski definition) is 2. The molecule has 0 saturated heterocycles. The van der Waals surface area contributed by atoms with E-state index in [2.05, 4.69) is 66.0 Å². The molecule has 0 spiro atoms. The summed E-state index contributed by atoms with van der Waals surface area (Å²) in [5.74, 6) is 1.12. The summed E-state index contributed by atoms with van der Waals surface area (Å²) in [6.07, 6.45) is 0. The Morgan fingerprint density at radius 3 is 2.00 bits per heavy atom. The second-order valence-electron chi connectivity index (χ2n) is 6.08. The molecule has 0 fully saturated rings. The van der Waals surface area contributed by atoms with E-state index in [4.69, 9.17) is 0 Å². The normalized spacial score (nSPS) is 13.7. The summed E-state index contributed by atoms with van der Waals surface area (Å²) in [4.78, 5) is 0. The molecule has 102 valence electrons. The maximum atomic E-state index is 3.47. The summed E-state index contributed by atoms with van der Waals surface area (Å²) in [6, 6.07) is 5.01. The average Bonchev–Trinajstić information content (AvgIpc) is 2.20. The lowest BCUT2D eigenvalue weighted by Gasteiger charge is -2.25. The molecule has 1 rings (SSSR count). The third kappa shape index (κ3) is 4.33. The third-order valence-electron chi connectivity index (χ3n) is 3.12. The largest absolute Gasteiger partial charge is 0.312 e. The molecule has 0 bridgehead atoms. The maximum absolute atomic E-state index is 3.47. The number of aryl methyl sites for hydroxylation is 3. The molecule has 0 aliphatic rings. The van der Waals surface area contributed by atoms with Crippen LogP contribution in [0.25, 0.3) is 0 Å². The Bertz CT molecular complexity index is 381. The van der Waals surface area contributed by atoms with Crippen LogP contribution < -0.4 is 5.32 Å². The van der Waals surface area contributed by atoms with Crippen molar-refractivity contribution in [1.82, 2.24) is 5.32 Å². The molecule has 1 N–H and O–H groups in total. The Morgan fingerprint density at radius 2 is 1.61 bits per heavy atom. The van der Waals surface area contributed by atoms with Crippen LogP contribution in [0.15, 0.2) is 12.1 Å². The van der Waals surface area contributed by atoms with Crippen LogP contribution in [0.5, 0.6) is 0 Å². The van der Waals surface area contributed by atoms with Crippen molar-refractivity contribution in [1.29, 1.82) is 0 Å². The maximum Gasteiger partial charge on any atom is 0.0414 e. The van der Waals surface area contributed by atoms with E-state index < -0.39 is 0 Å². The number of nitrogens with one attached hydrogen (secondary N) is 1. The van der Waals surface area contributed by atoms with Crippen molar-refractivity contribution in [2.24, 2.45) is 0 Å². The summed E-state index contributed by atoms with van der Waals surface area (Å²) < 4.78 is 0.321. The number of rotatable bonds is 4. The topological polar surface area (TPSA) is 12.0 Å². The van der Waals surface area contributed by atoms with Crippen LogP contribution in [-0.4, -0.2) is 17.5 Å². The Balaban J connectivity index is 2.95. The number of hydrogen-bond donors (Lipinski definition) is 1. The van der Waals surface area contributed by atoms with Crippen molar-refractivity contribution in [3.63, 3.8) is 0 Å². The Morgan fingerprint density at radius 1 is 1.11 bits per heavy atom. The van der Waals surface area contributed by atoms with Crippen LogP contribution in [0, 0.1) is 20.8 Å². The molecule has 1 aromatic rings. The van der Waals surface area contributed by atoms with E-state index in [0.717, 1.165) is 5.75 Å². The van der Waals surface area contributed by atoms with Gasteiger partial charge in [0, 0.05) is 16.5 Å². The lowest BCUT2D eigenvalue weighted by molar-refractivity contribution is 0.648. The SMILES string of the molecule is CNC(CSC(C)(C)C)c1c(C)cc(C)cc1C. The molecule has 0 heterocycles. The fourth-order valence-corrected chi connectivity index (χ4v) is 3.39. The van der Waals surface area contributed by atoms with E-state index in [9.17, 15) is 0 Å². The van der Waals surface area contributed by atoms with E-state index >= 15 is 0 Å². The highest BCUT2D eigenvalue weighted by molar-refractivity contribution is 8.00. The van der Waals surface area contributed by atoms with E-state index in [-0.39, 0.29) is 0 Å². The number of benzene rings is 1. The minimum Gasteiger partial charge on any atom is -0.312 e. The first-order chi connectivity index (χ1) is 8.24. The van der Waals surface area contributed by atoms with Gasteiger partial charge in [-0.05, 0) is 44.5 Å². The molecule has 0 amide bonds. The van der Waals surface area contributed by atoms with Crippen LogP contribution >= 0.6 is 11.8 Å². The van der Waals surface area contributed by atoms with Crippen molar-refractivity contribution < 1.29 is 0 Å². The van der Waals surface area contributed by atoms with Gasteiger partial charge in [-0.2, -0.15) is 11.8 Å². The van der Waals surface area contributed by atoms with Gasteiger partial charge in [0.2, 0.25) is 0 Å². The molecule has 1 aromatic carbocycles. The van der Waals surface area contributed by atoms with Gasteiger partial charge in [-0.3, -0.25) is 0 Å². The van der Waals surface area contributed by atoms with Crippen LogP contribution in [0.3, 0.4) is 0 Å². The second kappa shape index (κ2) is 6.12. The second-order valence-corrected chi connectivity index (χ2v) is 7.92. The predicted molar refractivity (Wildman–Crippen MR) is 84.7 cm³/mol. The van der Waals surface area contributed by atoms with Gasteiger partial charge in [-0.25, -0.2) is 0 Å². The molecule has 0 aromatic heterocycles. The molecule has 0 saturated carbocycles. The summed E-state index contributed by atoms with van der Waals surface area (Å²) >= 11 is 2.02. The van der Waals surface area contributed by atoms with Gasteiger partial charge in [0.1, 0.15) is 0 Å². The first-order valence-corrected chi connectivity index (χ1v) is 7.62. The summed E-state index contributed by atoms with van der Waals surface area (Å²) in [5, 5.41) is 3.47. The van der Waals surface area contributed by atoms with Crippen LogP contribution in [0.1, 0.15) is 49.1 Å². The molecular weight excluding hydrogens is 238 g/mol. The van der Waals surface area contributed by atoms with Crippen molar-refractivity contribution in [2.75, 3.05) is 12.8 Å². The lowest BCUT2D eigenvalue weighted by Crippen LogP contribution is -2.23. The molecule has 1 atom stereocenters. The van der Waals surface area contributed by atoms with E-state index in [1.165, 1.54) is 22.3 Å². The quantitative estimate of drug-likeness (QED) is 0.865. The fourth-order valence-electron chi connectivity index (χ4n) is 2.39. The van der Waals surface area contributed by atoms with Crippen molar-refractivity contribution in [2.45, 2.75) is 52.3 Å². The predicted octanol–water partition coefficient (Wildman–Crippen LogP) is 4.40. The highest BCUT2D eigenvalue weighted by Crippen LogP contribution is 2.31. The minimum absolute atomic E-state index is 0.321. The number of thioether (sulfide) groups is 1. The molecule has 0 radical (unpaired) electrons. The van der Waals surface area contributed by atoms with Crippen LogP contribution in [-0.2, 0) is 0 Å². The van der Waals surface area contributed by atoms with Gasteiger partial charge in [0.25, 0.3) is 0 Å². The van der Waals surface area contributed by atoms with Crippen molar-refractivity contribution in [3.8, 4) is 0 Å². The standard InChI is InChI=1S/C16H27NS/c1-11-8-12(2)15(13(3)9-11)14(17-7)10-18-16(4,5)6/h8-9,14,17H,10H2,1-7H3. The van der Waals surface area contributed by atoms with E-state index in [1.807, 2.05) is 11.8 Å². The fraction of sp³-hybridized carbons (Fsp3) is 0.625. The zero-order valence-corrected chi connectivity index (χ0v) is 13.7. The first-order valence-electron chi connectivity index (χ1n) is 6.63. The van der Waals surface area contributed by atoms with Gasteiger partial charge in [-0.1, -0.05) is 38.5 Å². The smallest absolute Gasteiger partial charge is 0.0414 e. The van der Waals surface area contributed by atoms with Crippen molar-refractivity contribution in [3.05, 3.63) is 34.4 Å². The molecule has 0 aliphatic heterocycles. The van der Waals surface area contributed by atoms with Gasteiger partial charge >= 0.3 is 0 Å². The Labute approximate surface area is 117 Å². The monoisotopic (exact) mass is 265 g/mol. The van der Waals surface area contributed by atoms with Gasteiger partial charge in [0.15, 0.2) is 0 Å². The van der Waals surface area contributed by atoms with Crippen LogP contribution in [0.2, 0.25) is 0 Å². The van der Waals surface area contributed by atoms with Gasteiger partial charge < -0.3 is 5.32 Å². The summed E-state index contributed by atoms with van der Waals surface area (Å²) in [6.45, 7) is 13.4. The lowest BCUT2D eigenvalue weighted by atomic mass is 9.95. The molecule has 0 aliphatic carbocycles. The Hall–Kier alpha value is -0.470. The van der Waals surface area contributed by atoms with Gasteiger partial charge in [0.05, 0.1) is 0 Å². The minimum atomic E-state index is 0.321. The highest BCUT2D eigenvalue weighted by atomic mass is 32.2. The van der Waals surface area contributed by atoms with E-state index in [1.54, 1.807) is 0 Å². The van der Waals surface area contributed by atoms with E-state index in [0.29, 0.717) is 10.8 Å². The highest BCUT2D eigenvalue weighted by Gasteiger charge is 2.18. The van der Waals surface area contributed by atoms with Crippen molar-refractivity contribution >= 4 is 11.8 Å². The summed E-state index contributed by atoms with van der Waals surface area (Å²) in [7, 11) is 2.06. The molecule has 18 heavy (non-hydrogen) atoms. The Kier molecular flexibility index (Phi) is 5.30. The zero-order valence-electron chi connectivity index (χ0n) is 12.8. The molecule has 1 unspecified atom stereocenters. The molecule has 1 nitrogen and oxygen atoms in total. The average molecular weight is 265 g/mol. The first kappa shape index (κ1) is 15.6. The zero-order chi connectivity index (χ0) is 13.9. The van der Waals surface area contributed by atoms with Gasteiger partial charge in [-0.15, -0.1) is 0 Å². The third-order valence-corrected chi connectivity index (χ3v) is 4.48. The summed E-state index contributed by atoms with van der Waals surface area (Å²) in [5.41, 5.74) is 5.63.